The van der Waals surface area contributed by atoms with Gasteiger partial charge in [-0.2, -0.15) is 0 Å². The maximum absolute atomic E-state index is 14.0. The number of nitrogens with zero attached hydrogens (tertiary/aromatic N) is 3. The molecular formula is C30H19Cl3F2N4O4. The second-order valence-corrected chi connectivity index (χ2v) is 9.85. The highest BCUT2D eigenvalue weighted by atomic mass is 35.5. The van der Waals surface area contributed by atoms with Crippen LogP contribution in [0, 0.1) is 11.6 Å². The zero-order valence-electron chi connectivity index (χ0n) is 21.8. The van der Waals surface area contributed by atoms with Crippen molar-refractivity contribution in [3.63, 3.8) is 0 Å². The number of carboxylic acids is 1. The summed E-state index contributed by atoms with van der Waals surface area (Å²) in [5.74, 6) is -4.20. The number of nitrogens with two attached hydrogens (primary N) is 1. The average molecular weight is 644 g/mol. The minimum atomic E-state index is -1.34. The highest BCUT2D eigenvalue weighted by molar-refractivity contribution is 6.31. The maximum Gasteiger partial charge on any atom is 0.375 e. The highest BCUT2D eigenvalue weighted by Gasteiger charge is 2.23. The summed E-state index contributed by atoms with van der Waals surface area (Å²) in [5, 5.41) is 13.6. The molecule has 1 heterocycles. The number of rotatable bonds is 7. The summed E-state index contributed by atoms with van der Waals surface area (Å²) in [4.78, 5) is 39.9. The van der Waals surface area contributed by atoms with Gasteiger partial charge >= 0.3 is 5.97 Å². The summed E-state index contributed by atoms with van der Waals surface area (Å²) in [6.45, 7) is 0. The van der Waals surface area contributed by atoms with Crippen LogP contribution in [0.4, 0.5) is 14.5 Å². The number of benzene rings is 4. The van der Waals surface area contributed by atoms with Crippen molar-refractivity contribution >= 4 is 58.0 Å². The van der Waals surface area contributed by atoms with Gasteiger partial charge in [0.1, 0.15) is 17.5 Å². The number of hydrogen-bond acceptors (Lipinski definition) is 6. The van der Waals surface area contributed by atoms with E-state index < -0.39 is 35.0 Å². The molecule has 0 unspecified atom stereocenters. The first-order valence-electron chi connectivity index (χ1n) is 12.2. The largest absolute Gasteiger partial charge is 0.475 e. The Kier molecular flexibility index (Phi) is 9.87. The van der Waals surface area contributed by atoms with Gasteiger partial charge in [-0.3, -0.25) is 9.59 Å². The normalized spacial score (nSPS) is 10.5. The molecule has 8 nitrogen and oxygen atoms in total. The van der Waals surface area contributed by atoms with Gasteiger partial charge in [-0.05, 0) is 60.7 Å². The standard InChI is InChI=1S/C17H10Cl2FN3O3.C13H9ClFNO/c18-8-14-21-16(17(25)26)22-23(14)13-6-5-9(19)7-11(13)15(24)10-3-1-2-4-12(10)20;14-8-5-6-12(16)10(7-8)13(17)9-3-1-2-4-11(9)15/h1-7H,8H2,(H,25,26);1-7H,16H2. The number of nitrogen functional groups attached to an aromatic ring is 1. The third-order valence-corrected chi connectivity index (χ3v) is 6.62. The Morgan fingerprint density at radius 2 is 1.28 bits per heavy atom. The first kappa shape index (κ1) is 31.3. The predicted octanol–water partition coefficient (Wildman–Crippen LogP) is 7.02. The van der Waals surface area contributed by atoms with Gasteiger partial charge in [-0.15, -0.1) is 16.7 Å². The van der Waals surface area contributed by atoms with Gasteiger partial charge in [0.05, 0.1) is 22.7 Å². The molecule has 0 fully saturated rings. The summed E-state index contributed by atoms with van der Waals surface area (Å²) in [5.41, 5.74) is 6.23. The summed E-state index contributed by atoms with van der Waals surface area (Å²) < 4.78 is 28.6. The van der Waals surface area contributed by atoms with E-state index in [1.54, 1.807) is 12.1 Å². The van der Waals surface area contributed by atoms with Gasteiger partial charge in [0.25, 0.3) is 5.82 Å². The second-order valence-electron chi connectivity index (χ2n) is 8.71. The Labute approximate surface area is 258 Å². The minimum Gasteiger partial charge on any atom is -0.475 e. The van der Waals surface area contributed by atoms with Crippen LogP contribution in [-0.4, -0.2) is 37.4 Å². The van der Waals surface area contributed by atoms with E-state index in [1.807, 2.05) is 0 Å². The summed E-state index contributed by atoms with van der Waals surface area (Å²) in [6, 6.07) is 20.1. The van der Waals surface area contributed by atoms with Crippen molar-refractivity contribution in [1.29, 1.82) is 0 Å². The van der Waals surface area contributed by atoms with E-state index in [2.05, 4.69) is 10.1 Å². The Morgan fingerprint density at radius 1 is 0.767 bits per heavy atom. The fourth-order valence-electron chi connectivity index (χ4n) is 3.90. The van der Waals surface area contributed by atoms with Crippen LogP contribution >= 0.6 is 34.8 Å². The van der Waals surface area contributed by atoms with Crippen molar-refractivity contribution in [3.05, 3.63) is 141 Å². The molecule has 13 heteroatoms. The second kappa shape index (κ2) is 13.6. The van der Waals surface area contributed by atoms with Crippen molar-refractivity contribution < 1.29 is 28.3 Å². The van der Waals surface area contributed by atoms with Crippen molar-refractivity contribution in [1.82, 2.24) is 14.8 Å². The van der Waals surface area contributed by atoms with Crippen LogP contribution in [0.1, 0.15) is 48.3 Å². The zero-order chi connectivity index (χ0) is 31.3. The van der Waals surface area contributed by atoms with Gasteiger partial charge in [-0.1, -0.05) is 47.5 Å². The number of alkyl halides is 1. The van der Waals surface area contributed by atoms with Gasteiger partial charge in [0.15, 0.2) is 11.6 Å². The number of halogens is 5. The lowest BCUT2D eigenvalue weighted by Gasteiger charge is -2.11. The van der Waals surface area contributed by atoms with E-state index >= 15 is 0 Å². The monoisotopic (exact) mass is 642 g/mol. The van der Waals surface area contributed by atoms with Gasteiger partial charge in [0, 0.05) is 26.9 Å². The van der Waals surface area contributed by atoms with Crippen molar-refractivity contribution in [3.8, 4) is 5.69 Å². The quantitative estimate of drug-likeness (QED) is 0.111. The van der Waals surface area contributed by atoms with Gasteiger partial charge < -0.3 is 10.8 Å². The SMILES string of the molecule is Nc1ccc(Cl)cc1C(=O)c1ccccc1F.O=C(O)c1nc(CCl)n(-c2ccc(Cl)cc2C(=O)c2ccccc2F)n1. The molecule has 1 aromatic heterocycles. The average Bonchev–Trinajstić information content (AvgIpc) is 3.43. The minimum absolute atomic E-state index is 0.0125. The highest BCUT2D eigenvalue weighted by Crippen LogP contribution is 2.25. The third-order valence-electron chi connectivity index (χ3n) is 5.91. The number of aromatic nitrogens is 3. The molecule has 3 N–H and O–H groups in total. The molecule has 0 saturated heterocycles. The fraction of sp³-hybridized carbons (Fsp3) is 0.0333. The zero-order valence-corrected chi connectivity index (χ0v) is 24.0. The Balaban J connectivity index is 0.000000215. The molecule has 4 aromatic carbocycles. The van der Waals surface area contributed by atoms with Crippen LogP contribution in [0.3, 0.4) is 0 Å². The van der Waals surface area contributed by atoms with E-state index in [9.17, 15) is 23.2 Å². The molecule has 218 valence electrons. The molecule has 0 saturated carbocycles. The molecule has 5 rings (SSSR count). The Hall–Kier alpha value is -4.64. The van der Waals surface area contributed by atoms with Crippen LogP contribution in [0.5, 0.6) is 0 Å². The lowest BCUT2D eigenvalue weighted by Crippen LogP contribution is -2.12. The van der Waals surface area contributed by atoms with E-state index in [0.717, 1.165) is 4.68 Å². The molecule has 0 aliphatic heterocycles. The summed E-state index contributed by atoms with van der Waals surface area (Å²) in [7, 11) is 0. The molecular weight excluding hydrogens is 625 g/mol. The van der Waals surface area contributed by atoms with E-state index in [0.29, 0.717) is 5.02 Å². The molecule has 0 aliphatic carbocycles. The Morgan fingerprint density at radius 3 is 1.81 bits per heavy atom. The maximum atomic E-state index is 14.0. The topological polar surface area (TPSA) is 128 Å². The molecule has 5 aromatic rings. The van der Waals surface area contributed by atoms with Crippen LogP contribution < -0.4 is 5.73 Å². The molecule has 43 heavy (non-hydrogen) atoms. The van der Waals surface area contributed by atoms with Crippen molar-refractivity contribution in [2.24, 2.45) is 0 Å². The van der Waals surface area contributed by atoms with Crippen LogP contribution in [0.25, 0.3) is 5.69 Å². The molecule has 0 amide bonds. The van der Waals surface area contributed by atoms with Crippen molar-refractivity contribution in [2.45, 2.75) is 5.88 Å². The summed E-state index contributed by atoms with van der Waals surface area (Å²) >= 11 is 17.6. The molecule has 0 spiro atoms. The summed E-state index contributed by atoms with van der Waals surface area (Å²) in [6.07, 6.45) is 0. The fourth-order valence-corrected chi connectivity index (χ4v) is 4.41. The van der Waals surface area contributed by atoms with Gasteiger partial charge in [0.2, 0.25) is 0 Å². The predicted molar refractivity (Wildman–Crippen MR) is 158 cm³/mol. The number of carbonyl (C=O) groups is 3. The third kappa shape index (κ3) is 7.06. The lowest BCUT2D eigenvalue weighted by atomic mass is 10.0. The molecule has 0 radical (unpaired) electrons. The number of anilines is 1. The number of ketones is 2. The van der Waals surface area contributed by atoms with Crippen LogP contribution in [-0.2, 0) is 5.88 Å². The van der Waals surface area contributed by atoms with E-state index in [4.69, 9.17) is 45.6 Å². The number of carboxylic acid groups (broad SMARTS) is 1. The Bertz CT molecular complexity index is 1860. The van der Waals surface area contributed by atoms with Crippen molar-refractivity contribution in [2.75, 3.05) is 5.73 Å². The first-order valence-corrected chi connectivity index (χ1v) is 13.5. The molecule has 0 aliphatic rings. The number of carbonyl (C=O) groups excluding carboxylic acids is 2. The smallest absolute Gasteiger partial charge is 0.375 e. The van der Waals surface area contributed by atoms with E-state index in [-0.39, 0.29) is 50.4 Å². The number of aromatic carboxylic acids is 1. The van der Waals surface area contributed by atoms with Crippen LogP contribution in [0.15, 0.2) is 84.9 Å². The molecule has 0 atom stereocenters. The first-order chi connectivity index (χ1) is 20.5. The lowest BCUT2D eigenvalue weighted by molar-refractivity contribution is 0.0683. The van der Waals surface area contributed by atoms with E-state index in [1.165, 1.54) is 72.8 Å². The molecule has 0 bridgehead atoms. The number of hydrogen-bond donors (Lipinski definition) is 2. The van der Waals surface area contributed by atoms with Crippen LogP contribution in [0.2, 0.25) is 10.0 Å². The van der Waals surface area contributed by atoms with Gasteiger partial charge in [-0.25, -0.2) is 23.2 Å².